The number of sulfone groups is 1. The molecule has 0 aliphatic rings. The SMILES string of the molecule is Cc1ccc(C)c(S(=O)(=O)C=O)c1. The molecule has 0 amide bonds. The zero-order chi connectivity index (χ0) is 10.1. The van der Waals surface area contributed by atoms with Crippen molar-refractivity contribution in [1.29, 1.82) is 0 Å². The summed E-state index contributed by atoms with van der Waals surface area (Å²) in [6.45, 7) is 3.44. The van der Waals surface area contributed by atoms with E-state index in [0.717, 1.165) is 5.56 Å². The molecule has 0 aliphatic carbocycles. The third-order valence-corrected chi connectivity index (χ3v) is 3.08. The largest absolute Gasteiger partial charge is 0.285 e. The van der Waals surface area contributed by atoms with Crippen molar-refractivity contribution in [3.63, 3.8) is 0 Å². The van der Waals surface area contributed by atoms with Crippen LogP contribution < -0.4 is 0 Å². The molecule has 1 rings (SSSR count). The lowest BCUT2D eigenvalue weighted by Gasteiger charge is -2.02. The number of benzene rings is 1. The molecule has 0 N–H and O–H groups in total. The minimum absolute atomic E-state index is 0.0191. The molecule has 0 unspecified atom stereocenters. The Morgan fingerprint density at radius 2 is 1.85 bits per heavy atom. The maximum atomic E-state index is 11.2. The Hall–Kier alpha value is -1.16. The quantitative estimate of drug-likeness (QED) is 0.672. The fourth-order valence-corrected chi connectivity index (χ4v) is 2.04. The molecule has 0 aromatic heterocycles. The van der Waals surface area contributed by atoms with Gasteiger partial charge in [-0.3, -0.25) is 4.79 Å². The first-order chi connectivity index (χ1) is 5.97. The molecule has 0 radical (unpaired) electrons. The Bertz CT molecular complexity index is 432. The van der Waals surface area contributed by atoms with Gasteiger partial charge in [-0.2, -0.15) is 0 Å². The Morgan fingerprint density at radius 1 is 1.23 bits per heavy atom. The smallest absolute Gasteiger partial charge is 0.238 e. The Labute approximate surface area is 77.3 Å². The van der Waals surface area contributed by atoms with Crippen LogP contribution in [0.4, 0.5) is 0 Å². The first kappa shape index (κ1) is 9.92. The maximum absolute atomic E-state index is 11.2. The zero-order valence-corrected chi connectivity index (χ0v) is 8.26. The third kappa shape index (κ3) is 1.95. The highest BCUT2D eigenvalue weighted by Crippen LogP contribution is 2.16. The first-order valence-electron chi connectivity index (χ1n) is 3.75. The molecule has 0 atom stereocenters. The highest BCUT2D eigenvalue weighted by molar-refractivity contribution is 8.04. The summed E-state index contributed by atoms with van der Waals surface area (Å²) in [5, 5.41) is 0. The van der Waals surface area contributed by atoms with Gasteiger partial charge in [-0.25, -0.2) is 8.42 Å². The van der Waals surface area contributed by atoms with E-state index in [0.29, 0.717) is 5.56 Å². The Balaban J connectivity index is 3.46. The summed E-state index contributed by atoms with van der Waals surface area (Å²) in [7, 11) is -3.73. The molecular weight excluding hydrogens is 188 g/mol. The van der Waals surface area contributed by atoms with Crippen LogP contribution in [0.3, 0.4) is 0 Å². The maximum Gasteiger partial charge on any atom is 0.238 e. The molecule has 0 bridgehead atoms. The van der Waals surface area contributed by atoms with Gasteiger partial charge in [-0.1, -0.05) is 12.1 Å². The molecule has 0 saturated carbocycles. The fraction of sp³-hybridized carbons (Fsp3) is 0.222. The lowest BCUT2D eigenvalue weighted by molar-refractivity contribution is 0.556. The summed E-state index contributed by atoms with van der Waals surface area (Å²) < 4.78 is 22.4. The second-order valence-electron chi connectivity index (χ2n) is 2.91. The third-order valence-electron chi connectivity index (χ3n) is 1.78. The van der Waals surface area contributed by atoms with Crippen LogP contribution in [0.15, 0.2) is 23.1 Å². The molecular formula is C9H10O3S. The lowest BCUT2D eigenvalue weighted by Crippen LogP contribution is -2.03. The minimum Gasteiger partial charge on any atom is -0.285 e. The normalized spacial score (nSPS) is 11.2. The van der Waals surface area contributed by atoms with Crippen molar-refractivity contribution in [2.45, 2.75) is 18.7 Å². The van der Waals surface area contributed by atoms with E-state index in [1.54, 1.807) is 26.0 Å². The van der Waals surface area contributed by atoms with Gasteiger partial charge in [-0.05, 0) is 31.0 Å². The Morgan fingerprint density at radius 3 is 2.38 bits per heavy atom. The minimum atomic E-state index is -3.73. The predicted octanol–water partition coefficient (Wildman–Crippen LogP) is 1.27. The summed E-state index contributed by atoms with van der Waals surface area (Å²) in [5.74, 6) is 0. The number of hydrogen-bond donors (Lipinski definition) is 0. The average molecular weight is 198 g/mol. The number of carbonyl (C=O) groups is 1. The van der Waals surface area contributed by atoms with E-state index in [1.807, 2.05) is 0 Å². The lowest BCUT2D eigenvalue weighted by atomic mass is 10.2. The van der Waals surface area contributed by atoms with Crippen LogP contribution in [0.5, 0.6) is 0 Å². The summed E-state index contributed by atoms with van der Waals surface area (Å²) in [5.41, 5.74) is 1.40. The summed E-state index contributed by atoms with van der Waals surface area (Å²) in [4.78, 5) is 10.4. The Kier molecular flexibility index (Phi) is 2.52. The molecule has 3 nitrogen and oxygen atoms in total. The molecule has 0 spiro atoms. The highest BCUT2D eigenvalue weighted by Gasteiger charge is 2.15. The van der Waals surface area contributed by atoms with Crippen LogP contribution in [0.2, 0.25) is 0 Å². The summed E-state index contributed by atoms with van der Waals surface area (Å²) in [6, 6.07) is 4.99. The van der Waals surface area contributed by atoms with E-state index in [4.69, 9.17) is 0 Å². The van der Waals surface area contributed by atoms with Crippen molar-refractivity contribution in [2.24, 2.45) is 0 Å². The first-order valence-corrected chi connectivity index (χ1v) is 5.29. The summed E-state index contributed by atoms with van der Waals surface area (Å²) in [6.07, 6.45) is 0. The van der Waals surface area contributed by atoms with Crippen LogP contribution in [-0.4, -0.2) is 14.0 Å². The van der Waals surface area contributed by atoms with Crippen LogP contribution in [0, 0.1) is 13.8 Å². The topological polar surface area (TPSA) is 51.2 Å². The van der Waals surface area contributed by atoms with Crippen LogP contribution in [0.1, 0.15) is 11.1 Å². The zero-order valence-electron chi connectivity index (χ0n) is 7.44. The van der Waals surface area contributed by atoms with Gasteiger partial charge in [0.15, 0.2) is 0 Å². The molecule has 13 heavy (non-hydrogen) atoms. The van der Waals surface area contributed by atoms with Crippen molar-refractivity contribution >= 4 is 15.5 Å². The predicted molar refractivity (Wildman–Crippen MR) is 49.9 cm³/mol. The van der Waals surface area contributed by atoms with E-state index < -0.39 is 9.84 Å². The van der Waals surface area contributed by atoms with Gasteiger partial charge in [0.05, 0.1) is 4.90 Å². The molecule has 1 aromatic carbocycles. The van der Waals surface area contributed by atoms with E-state index in [-0.39, 0.29) is 10.5 Å². The van der Waals surface area contributed by atoms with Gasteiger partial charge in [-0.15, -0.1) is 0 Å². The molecule has 1 aromatic rings. The van der Waals surface area contributed by atoms with Crippen LogP contribution in [0.25, 0.3) is 0 Å². The van der Waals surface area contributed by atoms with Crippen molar-refractivity contribution in [2.75, 3.05) is 0 Å². The molecule has 0 fully saturated rings. The number of hydrogen-bond acceptors (Lipinski definition) is 3. The fourth-order valence-electron chi connectivity index (χ4n) is 1.07. The van der Waals surface area contributed by atoms with Gasteiger partial charge < -0.3 is 0 Å². The van der Waals surface area contributed by atoms with Gasteiger partial charge in [0.1, 0.15) is 0 Å². The average Bonchev–Trinajstić information content (AvgIpc) is 2.09. The number of aryl methyl sites for hydroxylation is 2. The second kappa shape index (κ2) is 3.30. The second-order valence-corrected chi connectivity index (χ2v) is 4.63. The molecule has 0 saturated heterocycles. The van der Waals surface area contributed by atoms with Crippen molar-refractivity contribution in [1.82, 2.24) is 0 Å². The van der Waals surface area contributed by atoms with Gasteiger partial charge in [0.25, 0.3) is 0 Å². The van der Waals surface area contributed by atoms with Crippen molar-refractivity contribution in [3.05, 3.63) is 29.3 Å². The van der Waals surface area contributed by atoms with Crippen molar-refractivity contribution < 1.29 is 13.2 Å². The molecule has 0 heterocycles. The molecule has 4 heteroatoms. The highest BCUT2D eigenvalue weighted by atomic mass is 32.2. The molecule has 70 valence electrons. The monoisotopic (exact) mass is 198 g/mol. The van der Waals surface area contributed by atoms with Gasteiger partial charge in [0, 0.05) is 0 Å². The van der Waals surface area contributed by atoms with E-state index >= 15 is 0 Å². The van der Waals surface area contributed by atoms with E-state index in [9.17, 15) is 13.2 Å². The molecule has 0 aliphatic heterocycles. The van der Waals surface area contributed by atoms with Crippen molar-refractivity contribution in [3.8, 4) is 0 Å². The number of rotatable bonds is 2. The summed E-state index contributed by atoms with van der Waals surface area (Å²) >= 11 is 0. The van der Waals surface area contributed by atoms with Crippen LogP contribution >= 0.6 is 0 Å². The van der Waals surface area contributed by atoms with Gasteiger partial charge in [0.2, 0.25) is 15.5 Å². The van der Waals surface area contributed by atoms with E-state index in [2.05, 4.69) is 0 Å². The standard InChI is InChI=1S/C9H10O3S/c1-7-3-4-8(2)9(5-7)13(11,12)6-10/h3-6H,1-2H3. The van der Waals surface area contributed by atoms with Crippen LogP contribution in [-0.2, 0) is 14.6 Å². The van der Waals surface area contributed by atoms with Gasteiger partial charge >= 0.3 is 0 Å². The van der Waals surface area contributed by atoms with E-state index in [1.165, 1.54) is 6.07 Å². The number of carbonyl (C=O) groups excluding carboxylic acids is 1.